The molecule has 0 aliphatic rings. The van der Waals surface area contributed by atoms with Crippen LogP contribution in [0.15, 0.2) is 24.3 Å². The molecule has 0 aromatic carbocycles. The Morgan fingerprint density at radius 2 is 0.875 bits per heavy atom. The van der Waals surface area contributed by atoms with Crippen molar-refractivity contribution in [1.29, 1.82) is 0 Å². The number of hydrogen-bond donors (Lipinski definition) is 2. The van der Waals surface area contributed by atoms with Gasteiger partial charge in [0, 0.05) is 32.4 Å². The third kappa shape index (κ3) is 56.6. The zero-order valence-corrected chi connectivity index (χ0v) is 48.7. The molecule has 3 atom stereocenters. The SMILES string of the molecule is CCCCC(CCC(C)=O)OC(=O)NCCNCC.CCCCC/C=C\C/C=C\CCCCCCCC(=O)OCC(CC)CCCCCCCCC(=O)OC(CCCCCCCC)CCCCCCCCC. The minimum atomic E-state index is -0.387. The van der Waals surface area contributed by atoms with E-state index in [4.69, 9.17) is 14.2 Å². The van der Waals surface area contributed by atoms with Crippen LogP contribution in [0.3, 0.4) is 0 Å². The Labute approximate surface area is 446 Å². The lowest BCUT2D eigenvalue weighted by Gasteiger charge is -2.18. The molecule has 0 aromatic rings. The number of ether oxygens (including phenoxy) is 3. The first-order chi connectivity index (χ1) is 35.2. The van der Waals surface area contributed by atoms with E-state index in [1.165, 1.54) is 161 Å². The van der Waals surface area contributed by atoms with Gasteiger partial charge in [0.1, 0.15) is 18.0 Å². The van der Waals surface area contributed by atoms with E-state index < -0.39 is 0 Å². The molecule has 0 heterocycles. The number of carbonyl (C=O) groups is 4. The van der Waals surface area contributed by atoms with Gasteiger partial charge in [-0.25, -0.2) is 4.79 Å². The summed E-state index contributed by atoms with van der Waals surface area (Å²) in [6, 6.07) is 0. The third-order valence-corrected chi connectivity index (χ3v) is 13.7. The number of likely N-dealkylation sites (N-methyl/N-ethyl adjacent to an activating group) is 1. The zero-order chi connectivity index (χ0) is 53.2. The summed E-state index contributed by atoms with van der Waals surface area (Å²) in [6.07, 6.45) is 55.2. The van der Waals surface area contributed by atoms with E-state index in [-0.39, 0.29) is 36.0 Å². The molecule has 0 aliphatic carbocycles. The highest BCUT2D eigenvalue weighted by molar-refractivity contribution is 5.75. The molecule has 0 radical (unpaired) electrons. The minimum Gasteiger partial charge on any atom is -0.465 e. The number of amides is 1. The van der Waals surface area contributed by atoms with Crippen molar-refractivity contribution in [2.75, 3.05) is 26.2 Å². The first-order valence-electron chi connectivity index (χ1n) is 31.0. The third-order valence-electron chi connectivity index (χ3n) is 13.7. The molecule has 72 heavy (non-hydrogen) atoms. The fourth-order valence-electron chi connectivity index (χ4n) is 8.85. The first kappa shape index (κ1) is 71.4. The van der Waals surface area contributed by atoms with Gasteiger partial charge in [-0.2, -0.15) is 0 Å². The van der Waals surface area contributed by atoms with Crippen LogP contribution in [0.4, 0.5) is 4.79 Å². The molecular formula is C63H120N2O7. The molecule has 9 nitrogen and oxygen atoms in total. The van der Waals surface area contributed by atoms with Crippen LogP contribution in [-0.2, 0) is 28.6 Å². The molecule has 3 unspecified atom stereocenters. The van der Waals surface area contributed by atoms with Crippen LogP contribution in [0.2, 0.25) is 0 Å². The normalized spacial score (nSPS) is 12.7. The van der Waals surface area contributed by atoms with Gasteiger partial charge in [-0.15, -0.1) is 0 Å². The van der Waals surface area contributed by atoms with E-state index in [0.29, 0.717) is 44.8 Å². The average molecular weight is 1020 g/mol. The molecule has 424 valence electrons. The summed E-state index contributed by atoms with van der Waals surface area (Å²) < 4.78 is 17.1. The fraction of sp³-hybridized carbons (Fsp3) is 0.873. The van der Waals surface area contributed by atoms with Gasteiger partial charge in [-0.1, -0.05) is 220 Å². The van der Waals surface area contributed by atoms with Crippen LogP contribution in [0, 0.1) is 5.92 Å². The summed E-state index contributed by atoms with van der Waals surface area (Å²) >= 11 is 0. The standard InChI is InChI=1S/C49H92O4.C14H28N2O3/c1-5-9-12-15-18-19-20-21-22-23-24-25-27-33-38-43-48(50)52-45-46(8-4)40-35-30-28-29-34-39-44-49(51)53-47(41-36-31-17-14-11-7-3)42-37-32-26-16-13-10-6-2;1-4-6-7-13(9-8-12(3)17)19-14(18)16-11-10-15-5-2/h18-19,21-22,46-47H,5-17,20,23-45H2,1-4H3;13,15H,4-11H2,1-3H3,(H,16,18)/b19-18-,22-21-;. The van der Waals surface area contributed by atoms with Crippen LogP contribution in [0.5, 0.6) is 0 Å². The fourth-order valence-corrected chi connectivity index (χ4v) is 8.85. The molecule has 9 heteroatoms. The van der Waals surface area contributed by atoms with Crippen molar-refractivity contribution < 1.29 is 33.4 Å². The lowest BCUT2D eigenvalue weighted by Crippen LogP contribution is -2.34. The monoisotopic (exact) mass is 1020 g/mol. The molecule has 0 fully saturated rings. The van der Waals surface area contributed by atoms with Crippen molar-refractivity contribution in [2.24, 2.45) is 5.92 Å². The predicted molar refractivity (Wildman–Crippen MR) is 308 cm³/mol. The highest BCUT2D eigenvalue weighted by atomic mass is 16.6. The number of hydrogen-bond acceptors (Lipinski definition) is 8. The molecule has 0 aliphatic heterocycles. The van der Waals surface area contributed by atoms with E-state index in [0.717, 1.165) is 90.1 Å². The second kappa shape index (κ2) is 59.2. The van der Waals surface area contributed by atoms with Gasteiger partial charge in [0.25, 0.3) is 0 Å². The van der Waals surface area contributed by atoms with Crippen LogP contribution >= 0.6 is 0 Å². The van der Waals surface area contributed by atoms with E-state index in [1.807, 2.05) is 6.92 Å². The van der Waals surface area contributed by atoms with Crippen molar-refractivity contribution in [1.82, 2.24) is 10.6 Å². The van der Waals surface area contributed by atoms with Crippen LogP contribution in [0.1, 0.15) is 312 Å². The number of esters is 2. The minimum absolute atomic E-state index is 0.0146. The van der Waals surface area contributed by atoms with Gasteiger partial charge in [0.05, 0.1) is 6.61 Å². The molecule has 2 N–H and O–H groups in total. The van der Waals surface area contributed by atoms with Gasteiger partial charge in [0.2, 0.25) is 0 Å². The highest BCUT2D eigenvalue weighted by Crippen LogP contribution is 2.20. The maximum Gasteiger partial charge on any atom is 0.407 e. The second-order valence-electron chi connectivity index (χ2n) is 20.9. The van der Waals surface area contributed by atoms with Crippen molar-refractivity contribution in [3.8, 4) is 0 Å². The van der Waals surface area contributed by atoms with Crippen LogP contribution in [0.25, 0.3) is 0 Å². The molecular weight excluding hydrogens is 897 g/mol. The summed E-state index contributed by atoms with van der Waals surface area (Å²) in [5, 5.41) is 5.82. The number of nitrogens with one attached hydrogen (secondary N) is 2. The number of Topliss-reactive ketones (excluding diaryl/α,β-unsaturated/α-hetero) is 1. The summed E-state index contributed by atoms with van der Waals surface area (Å²) in [6.45, 7) is 17.4. The Morgan fingerprint density at radius 1 is 0.431 bits per heavy atom. The van der Waals surface area contributed by atoms with Crippen molar-refractivity contribution in [3.05, 3.63) is 24.3 Å². The first-order valence-corrected chi connectivity index (χ1v) is 31.0. The Bertz CT molecular complexity index is 1240. The molecule has 0 bridgehead atoms. The van der Waals surface area contributed by atoms with Gasteiger partial charge in [-0.3, -0.25) is 9.59 Å². The Hall–Kier alpha value is -2.68. The van der Waals surface area contributed by atoms with Crippen molar-refractivity contribution in [3.63, 3.8) is 0 Å². The predicted octanol–water partition coefficient (Wildman–Crippen LogP) is 18.5. The molecule has 1 amide bonds. The Balaban J connectivity index is 0. The molecule has 0 saturated heterocycles. The lowest BCUT2D eigenvalue weighted by molar-refractivity contribution is -0.150. The largest absolute Gasteiger partial charge is 0.465 e. The number of allylic oxidation sites excluding steroid dienone is 4. The summed E-state index contributed by atoms with van der Waals surface area (Å²) in [4.78, 5) is 47.6. The summed E-state index contributed by atoms with van der Waals surface area (Å²) in [7, 11) is 0. The molecule has 0 aromatic heterocycles. The maximum absolute atomic E-state index is 12.7. The van der Waals surface area contributed by atoms with E-state index in [2.05, 4.69) is 69.6 Å². The summed E-state index contributed by atoms with van der Waals surface area (Å²) in [5.74, 6) is 0.625. The summed E-state index contributed by atoms with van der Waals surface area (Å²) in [5.41, 5.74) is 0. The zero-order valence-electron chi connectivity index (χ0n) is 48.7. The van der Waals surface area contributed by atoms with Crippen LogP contribution < -0.4 is 10.6 Å². The van der Waals surface area contributed by atoms with Crippen molar-refractivity contribution >= 4 is 23.8 Å². The number of unbranched alkanes of at least 4 members (excludes halogenated alkanes) is 25. The second-order valence-corrected chi connectivity index (χ2v) is 20.9. The number of alkyl carbamates (subject to hydrolysis) is 1. The maximum atomic E-state index is 12.7. The highest BCUT2D eigenvalue weighted by Gasteiger charge is 2.16. The molecule has 0 rings (SSSR count). The Kier molecular flexibility index (Phi) is 58.7. The van der Waals surface area contributed by atoms with Gasteiger partial charge in [-0.05, 0) is 109 Å². The smallest absolute Gasteiger partial charge is 0.407 e. The van der Waals surface area contributed by atoms with E-state index >= 15 is 0 Å². The van der Waals surface area contributed by atoms with Gasteiger partial charge < -0.3 is 29.6 Å². The topological polar surface area (TPSA) is 120 Å². The quantitative estimate of drug-likeness (QED) is 0.0268. The number of carbonyl (C=O) groups excluding carboxylic acids is 4. The number of rotatable bonds is 53. The average Bonchev–Trinajstić information content (AvgIpc) is 3.37. The van der Waals surface area contributed by atoms with Crippen molar-refractivity contribution in [2.45, 2.75) is 324 Å². The number of ketones is 1. The van der Waals surface area contributed by atoms with Crippen LogP contribution in [-0.4, -0.2) is 62.3 Å². The van der Waals surface area contributed by atoms with Gasteiger partial charge >= 0.3 is 18.0 Å². The Morgan fingerprint density at radius 3 is 1.40 bits per heavy atom. The van der Waals surface area contributed by atoms with E-state index in [1.54, 1.807) is 6.92 Å². The molecule has 0 saturated carbocycles. The van der Waals surface area contributed by atoms with E-state index in [9.17, 15) is 19.2 Å². The molecule has 0 spiro atoms. The lowest BCUT2D eigenvalue weighted by atomic mass is 9.98. The van der Waals surface area contributed by atoms with Gasteiger partial charge in [0.15, 0.2) is 0 Å².